The number of hydrogen-bond donors (Lipinski definition) is 2. The fraction of sp³-hybridized carbons (Fsp3) is 0.308. The molecule has 0 bridgehead atoms. The van der Waals surface area contributed by atoms with E-state index in [1.807, 2.05) is 41.5 Å². The van der Waals surface area contributed by atoms with Gasteiger partial charge < -0.3 is 10.2 Å². The highest BCUT2D eigenvalue weighted by atomic mass is 16.3. The van der Waals surface area contributed by atoms with Crippen molar-refractivity contribution < 1.29 is 10.2 Å². The van der Waals surface area contributed by atoms with Crippen molar-refractivity contribution in [2.24, 2.45) is 0 Å². The summed E-state index contributed by atoms with van der Waals surface area (Å²) in [5, 5.41) is 22.3. The normalized spacial score (nSPS) is 11.3. The van der Waals surface area contributed by atoms with E-state index in [0.717, 1.165) is 50.1 Å². The van der Waals surface area contributed by atoms with Crippen LogP contribution in [-0.2, 0) is 0 Å². The second-order valence-corrected chi connectivity index (χ2v) is 8.14. The Morgan fingerprint density at radius 3 is 1.36 bits per heavy atom. The lowest BCUT2D eigenvalue weighted by molar-refractivity contribution is 0.452. The standard InChI is InChI=1S/C26H30O2/c1-14-8-10-21(11-9-14)24(22-17(4)12-15(2)19(6)25(22)27)23-18(5)13-16(3)20(7)26(23)28/h8-13,24,27-28H,1-7H3. The van der Waals surface area contributed by atoms with Gasteiger partial charge in [-0.1, -0.05) is 42.0 Å². The zero-order valence-corrected chi connectivity index (χ0v) is 17.9. The molecule has 0 unspecified atom stereocenters. The largest absolute Gasteiger partial charge is 0.507 e. The number of hydrogen-bond acceptors (Lipinski definition) is 2. The maximum absolute atomic E-state index is 11.1. The molecule has 0 aliphatic heterocycles. The summed E-state index contributed by atoms with van der Waals surface area (Å²) in [6, 6.07) is 12.6. The van der Waals surface area contributed by atoms with Crippen molar-refractivity contribution in [3.05, 3.63) is 92.0 Å². The van der Waals surface area contributed by atoms with Crippen LogP contribution < -0.4 is 0 Å². The first kappa shape index (κ1) is 20.0. The molecule has 0 heterocycles. The highest BCUT2D eigenvalue weighted by Crippen LogP contribution is 2.46. The van der Waals surface area contributed by atoms with E-state index in [4.69, 9.17) is 0 Å². The SMILES string of the molecule is Cc1ccc(C(c2c(C)cc(C)c(C)c2O)c2c(C)cc(C)c(C)c2O)cc1. The maximum atomic E-state index is 11.1. The highest BCUT2D eigenvalue weighted by molar-refractivity contribution is 5.62. The lowest BCUT2D eigenvalue weighted by Gasteiger charge is -2.27. The van der Waals surface area contributed by atoms with Crippen LogP contribution in [0.25, 0.3) is 0 Å². The zero-order valence-electron chi connectivity index (χ0n) is 17.9. The van der Waals surface area contributed by atoms with E-state index >= 15 is 0 Å². The molecular weight excluding hydrogens is 344 g/mol. The van der Waals surface area contributed by atoms with Gasteiger partial charge in [-0.25, -0.2) is 0 Å². The van der Waals surface area contributed by atoms with Crippen molar-refractivity contribution in [1.29, 1.82) is 0 Å². The summed E-state index contributed by atoms with van der Waals surface area (Å²) < 4.78 is 0. The molecule has 3 aromatic rings. The zero-order chi connectivity index (χ0) is 20.7. The molecule has 0 aliphatic rings. The molecule has 0 radical (unpaired) electrons. The van der Waals surface area contributed by atoms with Crippen LogP contribution in [0.15, 0.2) is 36.4 Å². The molecule has 146 valence electrons. The van der Waals surface area contributed by atoms with Crippen LogP contribution in [0, 0.1) is 48.5 Å². The second-order valence-electron chi connectivity index (χ2n) is 8.14. The summed E-state index contributed by atoms with van der Waals surface area (Å²) in [4.78, 5) is 0. The van der Waals surface area contributed by atoms with Gasteiger partial charge in [0.25, 0.3) is 0 Å². The molecule has 2 heteroatoms. The number of phenolic OH excluding ortho intramolecular Hbond substituents is 2. The van der Waals surface area contributed by atoms with E-state index in [2.05, 4.69) is 43.3 Å². The van der Waals surface area contributed by atoms with Crippen molar-refractivity contribution in [2.45, 2.75) is 54.4 Å². The van der Waals surface area contributed by atoms with Crippen molar-refractivity contribution >= 4 is 0 Å². The monoisotopic (exact) mass is 374 g/mol. The first-order valence-electron chi connectivity index (χ1n) is 9.79. The summed E-state index contributed by atoms with van der Waals surface area (Å²) >= 11 is 0. The summed E-state index contributed by atoms with van der Waals surface area (Å²) in [5.74, 6) is 0.402. The lowest BCUT2D eigenvalue weighted by Crippen LogP contribution is -2.10. The summed E-state index contributed by atoms with van der Waals surface area (Å²) in [6.07, 6.45) is 0. The van der Waals surface area contributed by atoms with Crippen LogP contribution in [0.3, 0.4) is 0 Å². The number of aryl methyl sites for hydroxylation is 5. The van der Waals surface area contributed by atoms with Crippen molar-refractivity contribution in [1.82, 2.24) is 0 Å². The predicted molar refractivity (Wildman–Crippen MR) is 117 cm³/mol. The molecule has 0 aromatic heterocycles. The fourth-order valence-electron chi connectivity index (χ4n) is 4.14. The van der Waals surface area contributed by atoms with Gasteiger partial charge in [-0.15, -0.1) is 0 Å². The first-order chi connectivity index (χ1) is 13.1. The number of rotatable bonds is 3. The Kier molecular flexibility index (Phi) is 5.25. The van der Waals surface area contributed by atoms with Gasteiger partial charge in [0.05, 0.1) is 0 Å². The third-order valence-corrected chi connectivity index (χ3v) is 6.11. The number of benzene rings is 3. The molecule has 2 N–H and O–H groups in total. The minimum absolute atomic E-state index is 0.237. The molecule has 0 aliphatic carbocycles. The van der Waals surface area contributed by atoms with E-state index in [1.54, 1.807) is 0 Å². The third-order valence-electron chi connectivity index (χ3n) is 6.11. The van der Waals surface area contributed by atoms with E-state index in [-0.39, 0.29) is 5.92 Å². The minimum Gasteiger partial charge on any atom is -0.507 e. The molecule has 0 atom stereocenters. The van der Waals surface area contributed by atoms with Gasteiger partial charge in [-0.2, -0.15) is 0 Å². The molecule has 0 saturated heterocycles. The van der Waals surface area contributed by atoms with E-state index < -0.39 is 0 Å². The van der Waals surface area contributed by atoms with Crippen LogP contribution in [0.4, 0.5) is 0 Å². The van der Waals surface area contributed by atoms with Crippen LogP contribution in [0.5, 0.6) is 11.5 Å². The van der Waals surface area contributed by atoms with Crippen LogP contribution in [0.1, 0.15) is 61.6 Å². The highest BCUT2D eigenvalue weighted by Gasteiger charge is 2.28. The van der Waals surface area contributed by atoms with Gasteiger partial charge in [0.1, 0.15) is 11.5 Å². The topological polar surface area (TPSA) is 40.5 Å². The molecule has 3 aromatic carbocycles. The lowest BCUT2D eigenvalue weighted by atomic mass is 9.78. The van der Waals surface area contributed by atoms with E-state index in [0.29, 0.717) is 11.5 Å². The Bertz CT molecular complexity index is 980. The maximum Gasteiger partial charge on any atom is 0.123 e. The molecule has 2 nitrogen and oxygen atoms in total. The molecular formula is C26H30O2. The van der Waals surface area contributed by atoms with Gasteiger partial charge in [-0.05, 0) is 87.4 Å². The molecule has 3 rings (SSSR count). The number of aromatic hydroxyl groups is 2. The van der Waals surface area contributed by atoms with Crippen LogP contribution in [-0.4, -0.2) is 10.2 Å². The fourth-order valence-corrected chi connectivity index (χ4v) is 4.14. The Hall–Kier alpha value is -2.74. The molecule has 0 saturated carbocycles. The van der Waals surface area contributed by atoms with Crippen molar-refractivity contribution in [2.75, 3.05) is 0 Å². The molecule has 28 heavy (non-hydrogen) atoms. The average molecular weight is 375 g/mol. The van der Waals surface area contributed by atoms with Crippen molar-refractivity contribution in [3.8, 4) is 11.5 Å². The van der Waals surface area contributed by atoms with Crippen molar-refractivity contribution in [3.63, 3.8) is 0 Å². The smallest absolute Gasteiger partial charge is 0.123 e. The van der Waals surface area contributed by atoms with Gasteiger partial charge in [0.15, 0.2) is 0 Å². The van der Waals surface area contributed by atoms with E-state index in [1.165, 1.54) is 5.56 Å². The van der Waals surface area contributed by atoms with Gasteiger partial charge in [0, 0.05) is 17.0 Å². The minimum atomic E-state index is -0.237. The van der Waals surface area contributed by atoms with Gasteiger partial charge in [0.2, 0.25) is 0 Å². The van der Waals surface area contributed by atoms with E-state index in [9.17, 15) is 10.2 Å². The van der Waals surface area contributed by atoms with Crippen LogP contribution >= 0.6 is 0 Å². The summed E-state index contributed by atoms with van der Waals surface area (Å²) in [5.41, 5.74) is 9.97. The van der Waals surface area contributed by atoms with Gasteiger partial charge in [-0.3, -0.25) is 0 Å². The quantitative estimate of drug-likeness (QED) is 0.518. The van der Waals surface area contributed by atoms with Gasteiger partial charge >= 0.3 is 0 Å². The Labute approximate surface area is 168 Å². The summed E-state index contributed by atoms with van der Waals surface area (Å²) in [7, 11) is 0. The first-order valence-corrected chi connectivity index (χ1v) is 9.79. The van der Waals surface area contributed by atoms with Crippen LogP contribution in [0.2, 0.25) is 0 Å². The summed E-state index contributed by atoms with van der Waals surface area (Å²) in [6.45, 7) is 14.1. The molecule has 0 spiro atoms. The molecule has 0 fully saturated rings. The Balaban J connectivity index is 2.42. The third kappa shape index (κ3) is 3.28. The average Bonchev–Trinajstić information content (AvgIpc) is 2.64. The predicted octanol–water partition coefficient (Wildman–Crippen LogP) is 6.44. The Morgan fingerprint density at radius 1 is 0.571 bits per heavy atom. The Morgan fingerprint density at radius 2 is 0.964 bits per heavy atom. The second kappa shape index (κ2) is 7.35. The number of phenols is 2. The molecule has 0 amide bonds.